The maximum absolute atomic E-state index is 6.32. The van der Waals surface area contributed by atoms with E-state index in [0.29, 0.717) is 0 Å². The molecule has 2 nitrogen and oxygen atoms in total. The summed E-state index contributed by atoms with van der Waals surface area (Å²) in [6, 6.07) is 0. The highest BCUT2D eigenvalue weighted by molar-refractivity contribution is 6.27. The Morgan fingerprint density at radius 2 is 1.60 bits per heavy atom. The van der Waals surface area contributed by atoms with E-state index >= 15 is 0 Å². The molecule has 88 valence electrons. The van der Waals surface area contributed by atoms with E-state index in [2.05, 4.69) is 50.7 Å². The lowest BCUT2D eigenvalue weighted by Crippen LogP contribution is -3.00. The van der Waals surface area contributed by atoms with Gasteiger partial charge in [0.2, 0.25) is 0 Å². The number of imidazole rings is 1. The Kier molecular flexibility index (Phi) is 4.28. The molecule has 0 amide bonds. The first kappa shape index (κ1) is 14.8. The average Bonchev–Trinajstić information content (AvgIpc) is 2.26. The molecular weight excluding hydrogens is 231 g/mol. The number of rotatable bonds is 0. The minimum atomic E-state index is 0. The van der Waals surface area contributed by atoms with Crippen LogP contribution in [0, 0.1) is 0 Å². The summed E-state index contributed by atoms with van der Waals surface area (Å²) >= 11 is 6.32. The molecule has 0 aromatic carbocycles. The summed E-state index contributed by atoms with van der Waals surface area (Å²) in [7, 11) is 0. The first-order chi connectivity index (χ1) is 6.14. The van der Waals surface area contributed by atoms with Crippen LogP contribution in [0.15, 0.2) is 12.4 Å². The van der Waals surface area contributed by atoms with Crippen molar-refractivity contribution in [2.24, 2.45) is 0 Å². The fourth-order valence-electron chi connectivity index (χ4n) is 1.37. The molecule has 1 aromatic heterocycles. The molecule has 1 rings (SSSR count). The van der Waals surface area contributed by atoms with Gasteiger partial charge in [-0.05, 0) is 41.5 Å². The third kappa shape index (κ3) is 3.12. The summed E-state index contributed by atoms with van der Waals surface area (Å²) in [5, 5.41) is 0.782. The fourth-order valence-corrected chi connectivity index (χ4v) is 1.99. The summed E-state index contributed by atoms with van der Waals surface area (Å²) in [5.74, 6) is 0. The normalized spacial score (nSPS) is 12.5. The largest absolute Gasteiger partial charge is 1.00 e. The minimum absolute atomic E-state index is 0. The maximum atomic E-state index is 6.32. The van der Waals surface area contributed by atoms with Crippen molar-refractivity contribution < 1.29 is 17.0 Å². The zero-order chi connectivity index (χ0) is 11.1. The Labute approximate surface area is 104 Å². The van der Waals surface area contributed by atoms with Gasteiger partial charge in [0, 0.05) is 11.6 Å². The van der Waals surface area contributed by atoms with Gasteiger partial charge in [-0.2, -0.15) is 0 Å². The lowest BCUT2D eigenvalue weighted by Gasteiger charge is -2.18. The van der Waals surface area contributed by atoms with Gasteiger partial charge in [-0.3, -0.25) is 0 Å². The molecule has 0 bridgehead atoms. The first-order valence-corrected chi connectivity index (χ1v) is 5.31. The summed E-state index contributed by atoms with van der Waals surface area (Å²) in [4.78, 5) is 0. The number of hydrogen-bond acceptors (Lipinski definition) is 0. The monoisotopic (exact) mass is 250 g/mol. The van der Waals surface area contributed by atoms with Crippen molar-refractivity contribution >= 4 is 11.6 Å². The highest BCUT2D eigenvalue weighted by atomic mass is 35.5. The van der Waals surface area contributed by atoms with Crippen molar-refractivity contribution in [2.45, 2.75) is 52.6 Å². The Morgan fingerprint density at radius 1 is 1.13 bits per heavy atom. The summed E-state index contributed by atoms with van der Waals surface area (Å²) < 4.78 is 4.17. The van der Waals surface area contributed by atoms with Gasteiger partial charge < -0.3 is 12.4 Å². The zero-order valence-electron chi connectivity index (χ0n) is 10.3. The average molecular weight is 251 g/mol. The number of aromatic nitrogens is 2. The molecule has 0 saturated heterocycles. The van der Waals surface area contributed by atoms with Crippen molar-refractivity contribution in [1.82, 2.24) is 4.57 Å². The quantitative estimate of drug-likeness (QED) is 0.571. The van der Waals surface area contributed by atoms with E-state index in [4.69, 9.17) is 11.6 Å². The van der Waals surface area contributed by atoms with Crippen LogP contribution in [0.2, 0.25) is 5.28 Å². The molecule has 0 atom stereocenters. The van der Waals surface area contributed by atoms with Crippen molar-refractivity contribution in [3.8, 4) is 0 Å². The van der Waals surface area contributed by atoms with E-state index in [1.165, 1.54) is 0 Å². The van der Waals surface area contributed by atoms with E-state index in [-0.39, 0.29) is 23.5 Å². The highest BCUT2D eigenvalue weighted by Crippen LogP contribution is 2.20. The van der Waals surface area contributed by atoms with Crippen molar-refractivity contribution in [2.75, 3.05) is 0 Å². The van der Waals surface area contributed by atoms with Crippen molar-refractivity contribution in [3.05, 3.63) is 17.7 Å². The van der Waals surface area contributed by atoms with Crippen LogP contribution < -0.4 is 17.0 Å². The summed E-state index contributed by atoms with van der Waals surface area (Å²) in [5.41, 5.74) is 0.0706. The molecule has 1 heterocycles. The van der Waals surface area contributed by atoms with Crippen LogP contribution in [0.5, 0.6) is 0 Å². The van der Waals surface area contributed by atoms with Crippen LogP contribution in [0.25, 0.3) is 0 Å². The lowest BCUT2D eigenvalue weighted by atomic mass is 10.1. The van der Waals surface area contributed by atoms with Crippen molar-refractivity contribution in [1.29, 1.82) is 0 Å². The molecule has 0 aliphatic rings. The number of nitrogens with zero attached hydrogens (tertiary/aromatic N) is 2. The molecule has 15 heavy (non-hydrogen) atoms. The lowest BCUT2D eigenvalue weighted by molar-refractivity contribution is -0.751. The van der Waals surface area contributed by atoms with E-state index in [9.17, 15) is 0 Å². The van der Waals surface area contributed by atoms with Gasteiger partial charge >= 0.3 is 5.28 Å². The number of halogens is 2. The van der Waals surface area contributed by atoms with Crippen LogP contribution in [-0.4, -0.2) is 4.57 Å². The molecule has 1 aromatic rings. The molecule has 0 aliphatic heterocycles. The fraction of sp³-hybridized carbons (Fsp3) is 0.727. The summed E-state index contributed by atoms with van der Waals surface area (Å²) in [6.45, 7) is 12.9. The minimum Gasteiger partial charge on any atom is -1.00 e. The molecule has 0 fully saturated rings. The smallest absolute Gasteiger partial charge is 0.355 e. The highest BCUT2D eigenvalue weighted by Gasteiger charge is 2.30. The third-order valence-corrected chi connectivity index (χ3v) is 2.57. The van der Waals surface area contributed by atoms with Gasteiger partial charge in [-0.25, -0.2) is 9.13 Å². The number of hydrogen-bond donors (Lipinski definition) is 0. The van der Waals surface area contributed by atoms with E-state index < -0.39 is 0 Å². The van der Waals surface area contributed by atoms with E-state index in [1.54, 1.807) is 0 Å². The molecule has 0 saturated carbocycles. The van der Waals surface area contributed by atoms with Gasteiger partial charge in [-0.1, -0.05) is 0 Å². The van der Waals surface area contributed by atoms with Crippen LogP contribution in [-0.2, 0) is 11.1 Å². The molecule has 0 unspecified atom stereocenters. The topological polar surface area (TPSA) is 8.81 Å². The predicted molar refractivity (Wildman–Crippen MR) is 59.6 cm³/mol. The van der Waals surface area contributed by atoms with Crippen LogP contribution >= 0.6 is 11.6 Å². The van der Waals surface area contributed by atoms with Gasteiger partial charge in [0.15, 0.2) is 0 Å². The van der Waals surface area contributed by atoms with Gasteiger partial charge in [0.25, 0.3) is 0 Å². The second kappa shape index (κ2) is 4.34. The molecule has 4 heteroatoms. The van der Waals surface area contributed by atoms with Gasteiger partial charge in [-0.15, -0.1) is 0 Å². The molecule has 0 spiro atoms. The molecule has 0 aliphatic carbocycles. The Bertz CT molecular complexity index is 298. The maximum Gasteiger partial charge on any atom is 0.355 e. The second-order valence-corrected chi connectivity index (χ2v) is 5.99. The zero-order valence-corrected chi connectivity index (χ0v) is 11.8. The predicted octanol–water partition coefficient (Wildman–Crippen LogP) is -0.0570. The molecule has 0 N–H and O–H groups in total. The molecule has 0 radical (unpaired) electrons. The Hall–Kier alpha value is -0.210. The van der Waals surface area contributed by atoms with Gasteiger partial charge in [0.1, 0.15) is 23.5 Å². The van der Waals surface area contributed by atoms with E-state index in [1.807, 2.05) is 12.4 Å². The van der Waals surface area contributed by atoms with Crippen LogP contribution in [0.3, 0.4) is 0 Å². The second-order valence-electron chi connectivity index (χ2n) is 5.65. The first-order valence-electron chi connectivity index (χ1n) is 4.93. The van der Waals surface area contributed by atoms with Crippen LogP contribution in [0.4, 0.5) is 0 Å². The Balaban J connectivity index is 0.00000196. The van der Waals surface area contributed by atoms with E-state index in [0.717, 1.165) is 5.28 Å². The van der Waals surface area contributed by atoms with Gasteiger partial charge in [0.05, 0.1) is 0 Å². The van der Waals surface area contributed by atoms with Crippen molar-refractivity contribution in [3.63, 3.8) is 0 Å². The SMILES string of the molecule is CC(C)(C)n1cc[n+](C(C)(C)C)c1Cl.[Cl-]. The molecular formula is C11H20Cl2N2. The Morgan fingerprint density at radius 3 is 1.80 bits per heavy atom. The third-order valence-electron chi connectivity index (χ3n) is 2.21. The van der Waals surface area contributed by atoms with Crippen LogP contribution in [0.1, 0.15) is 41.5 Å². The standard InChI is InChI=1S/C11H20ClN2.ClH/c1-10(2,3)13-7-8-14(9(13)12)11(4,5)6;/h7-8H,1-6H3;1H/q+1;/p-1. The summed E-state index contributed by atoms with van der Waals surface area (Å²) in [6.07, 6.45) is 4.07.